The lowest BCUT2D eigenvalue weighted by molar-refractivity contribution is -0.132. The highest BCUT2D eigenvalue weighted by Gasteiger charge is 2.48. The van der Waals surface area contributed by atoms with Crippen molar-refractivity contribution in [2.45, 2.75) is 16.1 Å². The van der Waals surface area contributed by atoms with Gasteiger partial charge in [0.15, 0.2) is 15.8 Å². The van der Waals surface area contributed by atoms with Crippen LogP contribution in [-0.2, 0) is 15.3 Å². The fourth-order valence-electron chi connectivity index (χ4n) is 4.73. The number of benzene rings is 3. The summed E-state index contributed by atoms with van der Waals surface area (Å²) in [5, 5.41) is 20.9. The lowest BCUT2D eigenvalue weighted by Gasteiger charge is -2.23. The molecule has 218 valence electrons. The molecule has 12 heteroatoms. The molecule has 6 rings (SSSR count). The van der Waals surface area contributed by atoms with Gasteiger partial charge in [0.2, 0.25) is 5.13 Å². The third-order valence-corrected chi connectivity index (χ3v) is 9.19. The normalized spacial score (nSPS) is 17.2. The van der Waals surface area contributed by atoms with Crippen LogP contribution in [0.15, 0.2) is 89.3 Å². The second kappa shape index (κ2) is 12.5. The molecule has 0 radical (unpaired) electrons. The number of hydrogen-bond donors (Lipinski definition) is 1. The van der Waals surface area contributed by atoms with Gasteiger partial charge in [-0.2, -0.15) is 0 Å². The minimum Gasteiger partial charge on any atom is -0.507 e. The number of nitrogens with zero attached hydrogens (tertiary/aromatic N) is 3. The van der Waals surface area contributed by atoms with E-state index in [9.17, 15) is 14.7 Å². The van der Waals surface area contributed by atoms with Crippen LogP contribution in [0.2, 0.25) is 5.02 Å². The summed E-state index contributed by atoms with van der Waals surface area (Å²) in [6.45, 7) is 4.71. The molecule has 0 aliphatic carbocycles. The predicted octanol–water partition coefficient (Wildman–Crippen LogP) is 6.45. The number of carbonyl (C=O) groups is 2. The van der Waals surface area contributed by atoms with Crippen LogP contribution in [0.1, 0.15) is 22.7 Å². The second-order valence-corrected chi connectivity index (χ2v) is 12.0. The van der Waals surface area contributed by atoms with E-state index in [0.717, 1.165) is 5.56 Å². The molecule has 0 bridgehead atoms. The Labute approximate surface area is 260 Å². The molecule has 1 fully saturated rings. The number of amides is 1. The van der Waals surface area contributed by atoms with Crippen molar-refractivity contribution < 1.29 is 28.9 Å². The zero-order valence-electron chi connectivity index (χ0n) is 22.6. The van der Waals surface area contributed by atoms with Crippen molar-refractivity contribution in [3.63, 3.8) is 0 Å². The number of aliphatic hydroxyl groups excluding tert-OH is 1. The van der Waals surface area contributed by atoms with E-state index < -0.39 is 17.7 Å². The van der Waals surface area contributed by atoms with Gasteiger partial charge in [-0.1, -0.05) is 77.7 Å². The van der Waals surface area contributed by atoms with Crippen LogP contribution < -0.4 is 19.1 Å². The number of ketones is 1. The first-order chi connectivity index (χ1) is 20.9. The molecule has 3 heterocycles. The van der Waals surface area contributed by atoms with Gasteiger partial charge in [0, 0.05) is 16.3 Å². The average molecular weight is 634 g/mol. The summed E-state index contributed by atoms with van der Waals surface area (Å²) in [5.41, 5.74) is 1.69. The Balaban J connectivity index is 1.40. The van der Waals surface area contributed by atoms with Crippen molar-refractivity contribution in [2.75, 3.05) is 24.7 Å². The van der Waals surface area contributed by atoms with Crippen molar-refractivity contribution in [3.05, 3.63) is 107 Å². The molecule has 2 aliphatic heterocycles. The topological polar surface area (TPSA) is 111 Å². The Morgan fingerprint density at radius 2 is 1.91 bits per heavy atom. The SMILES string of the molecule is C=CCOc1cccc([C@H]2C(=C(O)c3ccc4c(c3)OCCO4)C(=O)C(=O)N2c2nnc(SCc3ccccc3Cl)s2)c1. The first-order valence-electron chi connectivity index (χ1n) is 13.2. The van der Waals surface area contributed by atoms with E-state index in [0.29, 0.717) is 56.7 Å². The van der Waals surface area contributed by atoms with Crippen LogP contribution >= 0.6 is 34.7 Å². The van der Waals surface area contributed by atoms with Crippen LogP contribution in [-0.4, -0.2) is 46.8 Å². The predicted molar refractivity (Wildman–Crippen MR) is 165 cm³/mol. The Bertz CT molecular complexity index is 1760. The Hall–Kier alpha value is -4.32. The molecular formula is C31H24ClN3O6S2. The van der Waals surface area contributed by atoms with Gasteiger partial charge < -0.3 is 19.3 Å². The number of hydrogen-bond acceptors (Lipinski definition) is 10. The van der Waals surface area contributed by atoms with Gasteiger partial charge in [-0.25, -0.2) is 0 Å². The molecule has 1 saturated heterocycles. The highest BCUT2D eigenvalue weighted by Crippen LogP contribution is 2.45. The standard InChI is InChI=1S/C31H24ClN3O6S2/c1-2-12-39-21-8-5-7-18(15-21)26-25(27(36)19-10-11-23-24(16-19)41-14-13-40-23)28(37)29(38)35(26)30-33-34-31(43-30)42-17-20-6-3-4-9-22(20)32/h2-11,15-16,26,36H,1,12-14,17H2/t26-/m0/s1. The summed E-state index contributed by atoms with van der Waals surface area (Å²) >= 11 is 8.89. The second-order valence-electron chi connectivity index (χ2n) is 9.43. The number of rotatable bonds is 9. The Kier molecular flexibility index (Phi) is 8.37. The third-order valence-electron chi connectivity index (χ3n) is 6.71. The Morgan fingerprint density at radius 3 is 2.72 bits per heavy atom. The highest BCUT2D eigenvalue weighted by atomic mass is 35.5. The minimum absolute atomic E-state index is 0.0944. The van der Waals surface area contributed by atoms with Crippen molar-refractivity contribution in [1.82, 2.24) is 10.2 Å². The van der Waals surface area contributed by atoms with Gasteiger partial charge in [0.1, 0.15) is 31.3 Å². The van der Waals surface area contributed by atoms with Crippen LogP contribution in [0.25, 0.3) is 5.76 Å². The number of anilines is 1. The largest absolute Gasteiger partial charge is 0.507 e. The van der Waals surface area contributed by atoms with E-state index in [-0.39, 0.29) is 23.1 Å². The summed E-state index contributed by atoms with van der Waals surface area (Å²) in [6.07, 6.45) is 1.61. The maximum atomic E-state index is 13.6. The molecule has 0 unspecified atom stereocenters. The van der Waals surface area contributed by atoms with Gasteiger partial charge in [-0.3, -0.25) is 14.5 Å². The molecule has 3 aromatic carbocycles. The number of aromatic nitrogens is 2. The summed E-state index contributed by atoms with van der Waals surface area (Å²) in [4.78, 5) is 28.5. The molecule has 43 heavy (non-hydrogen) atoms. The van der Waals surface area contributed by atoms with Crippen LogP contribution in [0.3, 0.4) is 0 Å². The maximum Gasteiger partial charge on any atom is 0.301 e. The van der Waals surface area contributed by atoms with E-state index in [1.54, 1.807) is 48.5 Å². The summed E-state index contributed by atoms with van der Waals surface area (Å²) in [5.74, 6) is -0.0134. The van der Waals surface area contributed by atoms with Gasteiger partial charge in [-0.15, -0.1) is 10.2 Å². The molecule has 1 atom stereocenters. The van der Waals surface area contributed by atoms with E-state index in [1.165, 1.54) is 28.0 Å². The number of ether oxygens (including phenoxy) is 3. The van der Waals surface area contributed by atoms with Gasteiger partial charge in [0.05, 0.1) is 11.6 Å². The minimum atomic E-state index is -1.00. The van der Waals surface area contributed by atoms with Crippen LogP contribution in [0, 0.1) is 0 Å². The molecule has 1 N–H and O–H groups in total. The molecule has 9 nitrogen and oxygen atoms in total. The molecule has 1 aromatic heterocycles. The van der Waals surface area contributed by atoms with E-state index in [2.05, 4.69) is 16.8 Å². The summed E-state index contributed by atoms with van der Waals surface area (Å²) < 4.78 is 17.6. The smallest absolute Gasteiger partial charge is 0.301 e. The lowest BCUT2D eigenvalue weighted by atomic mass is 9.95. The fraction of sp³-hybridized carbons (Fsp3) is 0.161. The van der Waals surface area contributed by atoms with Crippen molar-refractivity contribution >= 4 is 57.3 Å². The van der Waals surface area contributed by atoms with Crippen molar-refractivity contribution in [1.29, 1.82) is 0 Å². The zero-order valence-corrected chi connectivity index (χ0v) is 25.0. The summed E-state index contributed by atoms with van der Waals surface area (Å²) in [6, 6.07) is 18.4. The lowest BCUT2D eigenvalue weighted by Crippen LogP contribution is -2.29. The third kappa shape index (κ3) is 5.83. The zero-order chi connectivity index (χ0) is 29.9. The summed E-state index contributed by atoms with van der Waals surface area (Å²) in [7, 11) is 0. The quantitative estimate of drug-likeness (QED) is 0.0555. The molecule has 2 aliphatic rings. The van der Waals surface area contributed by atoms with Gasteiger partial charge in [-0.05, 0) is 47.5 Å². The molecule has 1 amide bonds. The molecule has 4 aromatic rings. The number of carbonyl (C=O) groups excluding carboxylic acids is 2. The van der Waals surface area contributed by atoms with Crippen molar-refractivity contribution in [2.24, 2.45) is 0 Å². The molecule has 0 spiro atoms. The van der Waals surface area contributed by atoms with Gasteiger partial charge in [0.25, 0.3) is 5.78 Å². The van der Waals surface area contributed by atoms with E-state index in [1.807, 2.05) is 24.3 Å². The van der Waals surface area contributed by atoms with Gasteiger partial charge >= 0.3 is 5.91 Å². The number of fused-ring (bicyclic) bond motifs is 1. The highest BCUT2D eigenvalue weighted by molar-refractivity contribution is 8.00. The fourth-order valence-corrected chi connectivity index (χ4v) is 6.89. The average Bonchev–Trinajstić information content (AvgIpc) is 3.60. The first-order valence-corrected chi connectivity index (χ1v) is 15.4. The molecule has 0 saturated carbocycles. The monoisotopic (exact) mass is 633 g/mol. The number of aliphatic hydroxyl groups is 1. The van der Waals surface area contributed by atoms with E-state index in [4.69, 9.17) is 25.8 Å². The maximum absolute atomic E-state index is 13.6. The number of thioether (sulfide) groups is 1. The number of Topliss-reactive ketones (excluding diaryl/α,β-unsaturated/α-hetero) is 1. The first kappa shape index (κ1) is 28.8. The molecular weight excluding hydrogens is 610 g/mol. The van der Waals surface area contributed by atoms with E-state index >= 15 is 0 Å². The Morgan fingerprint density at radius 1 is 1.09 bits per heavy atom. The number of halogens is 1. The van der Waals surface area contributed by atoms with Crippen molar-refractivity contribution in [3.8, 4) is 17.2 Å². The van der Waals surface area contributed by atoms with Crippen LogP contribution in [0.4, 0.5) is 5.13 Å². The van der Waals surface area contributed by atoms with Crippen LogP contribution in [0.5, 0.6) is 17.2 Å².